The van der Waals surface area contributed by atoms with E-state index in [9.17, 15) is 9.59 Å². The van der Waals surface area contributed by atoms with Gasteiger partial charge in [-0.2, -0.15) is 0 Å². The molecule has 0 unspecified atom stereocenters. The number of methoxy groups -OCH3 is 2. The topological polar surface area (TPSA) is 60.8 Å². The number of benzene rings is 2. The van der Waals surface area contributed by atoms with Crippen molar-refractivity contribution in [1.82, 2.24) is 9.47 Å². The molecule has 0 aliphatic carbocycles. The second-order valence-corrected chi connectivity index (χ2v) is 8.63. The van der Waals surface area contributed by atoms with Crippen LogP contribution in [0.25, 0.3) is 11.8 Å². The maximum atomic E-state index is 13.7. The molecule has 0 radical (unpaired) electrons. The third kappa shape index (κ3) is 4.28. The Hall–Kier alpha value is -4.06. The van der Waals surface area contributed by atoms with Gasteiger partial charge in [-0.25, -0.2) is 4.79 Å². The fourth-order valence-corrected chi connectivity index (χ4v) is 4.76. The van der Waals surface area contributed by atoms with Crippen molar-refractivity contribution < 1.29 is 19.1 Å². The molecule has 180 valence electrons. The first-order valence-electron chi connectivity index (χ1n) is 11.5. The smallest absolute Gasteiger partial charge is 0.340 e. The number of rotatable bonds is 6. The molecule has 1 aliphatic rings. The summed E-state index contributed by atoms with van der Waals surface area (Å²) in [6, 6.07) is 19.4. The second kappa shape index (κ2) is 9.66. The van der Waals surface area contributed by atoms with E-state index in [-0.39, 0.29) is 11.9 Å². The molecule has 4 rings (SSSR count). The van der Waals surface area contributed by atoms with Crippen molar-refractivity contribution in [2.75, 3.05) is 14.2 Å². The van der Waals surface area contributed by atoms with Crippen molar-refractivity contribution >= 4 is 18.0 Å². The standard InChI is InChI=1S/C29H30N2O4/c1-18-16-23(20(3)30(18)24-12-14-25(34-5)15-13-24)17-26-27(29(33)35-6)21(4)31(28(26)32)19(2)22-10-8-7-9-11-22/h7-17,19H,1-6H3/b26-17-/t19-/m0/s1. The first kappa shape index (κ1) is 24.1. The lowest BCUT2D eigenvalue weighted by molar-refractivity contribution is -0.136. The summed E-state index contributed by atoms with van der Waals surface area (Å²) in [5.74, 6) is 0.0494. The zero-order valence-corrected chi connectivity index (χ0v) is 21.0. The molecule has 3 aromatic rings. The lowest BCUT2D eigenvalue weighted by atomic mass is 10.0. The maximum absolute atomic E-state index is 13.7. The van der Waals surface area contributed by atoms with E-state index in [1.807, 2.05) is 81.4 Å². The van der Waals surface area contributed by atoms with Gasteiger partial charge in [0.2, 0.25) is 0 Å². The molecule has 0 spiro atoms. The zero-order chi connectivity index (χ0) is 25.3. The molecular formula is C29H30N2O4. The Morgan fingerprint density at radius 1 is 0.971 bits per heavy atom. The highest BCUT2D eigenvalue weighted by atomic mass is 16.5. The van der Waals surface area contributed by atoms with E-state index >= 15 is 0 Å². The zero-order valence-electron chi connectivity index (χ0n) is 21.0. The molecule has 1 amide bonds. The molecule has 1 atom stereocenters. The predicted octanol–water partition coefficient (Wildman–Crippen LogP) is 5.54. The van der Waals surface area contributed by atoms with Crippen LogP contribution in [0.4, 0.5) is 0 Å². The van der Waals surface area contributed by atoms with E-state index in [1.54, 1.807) is 25.0 Å². The van der Waals surface area contributed by atoms with Gasteiger partial charge < -0.3 is 18.9 Å². The van der Waals surface area contributed by atoms with Crippen LogP contribution in [0.1, 0.15) is 42.4 Å². The number of allylic oxidation sites excluding steroid dienone is 1. The number of aromatic nitrogens is 1. The number of hydrogen-bond donors (Lipinski definition) is 0. The minimum Gasteiger partial charge on any atom is -0.497 e. The van der Waals surface area contributed by atoms with E-state index in [1.165, 1.54) is 7.11 Å². The molecule has 6 heteroatoms. The summed E-state index contributed by atoms with van der Waals surface area (Å²) in [4.78, 5) is 28.2. The monoisotopic (exact) mass is 470 g/mol. The van der Waals surface area contributed by atoms with Crippen molar-refractivity contribution in [3.05, 3.63) is 100 Å². The summed E-state index contributed by atoms with van der Waals surface area (Å²) in [6.07, 6.45) is 1.80. The van der Waals surface area contributed by atoms with Crippen molar-refractivity contribution in [2.24, 2.45) is 0 Å². The highest BCUT2D eigenvalue weighted by Gasteiger charge is 2.39. The van der Waals surface area contributed by atoms with Crippen LogP contribution in [0.15, 0.2) is 77.5 Å². The van der Waals surface area contributed by atoms with Crippen LogP contribution in [0.5, 0.6) is 5.75 Å². The molecular weight excluding hydrogens is 440 g/mol. The fraction of sp³-hybridized carbons (Fsp3) is 0.241. The summed E-state index contributed by atoms with van der Waals surface area (Å²) < 4.78 is 12.5. The van der Waals surface area contributed by atoms with Crippen molar-refractivity contribution in [3.63, 3.8) is 0 Å². The molecule has 0 N–H and O–H groups in total. The van der Waals surface area contributed by atoms with E-state index in [0.29, 0.717) is 16.8 Å². The molecule has 0 saturated carbocycles. The van der Waals surface area contributed by atoms with Crippen LogP contribution < -0.4 is 4.74 Å². The first-order chi connectivity index (χ1) is 16.8. The third-order valence-corrected chi connectivity index (χ3v) is 6.60. The first-order valence-corrected chi connectivity index (χ1v) is 11.5. The van der Waals surface area contributed by atoms with Crippen molar-refractivity contribution in [3.8, 4) is 11.4 Å². The van der Waals surface area contributed by atoms with Crippen molar-refractivity contribution in [2.45, 2.75) is 33.7 Å². The number of esters is 1. The summed E-state index contributed by atoms with van der Waals surface area (Å²) in [5, 5.41) is 0. The number of hydrogen-bond acceptors (Lipinski definition) is 4. The lowest BCUT2D eigenvalue weighted by Gasteiger charge is -2.26. The summed E-state index contributed by atoms with van der Waals surface area (Å²) in [7, 11) is 2.98. The summed E-state index contributed by atoms with van der Waals surface area (Å²) >= 11 is 0. The van der Waals surface area contributed by atoms with Crippen LogP contribution in [-0.2, 0) is 14.3 Å². The van der Waals surface area contributed by atoms with Crippen LogP contribution in [0.3, 0.4) is 0 Å². The van der Waals surface area contributed by atoms with Gasteiger partial charge in [0.1, 0.15) is 5.75 Å². The second-order valence-electron chi connectivity index (χ2n) is 8.63. The van der Waals surface area contributed by atoms with E-state index in [0.717, 1.165) is 34.0 Å². The molecule has 35 heavy (non-hydrogen) atoms. The largest absolute Gasteiger partial charge is 0.497 e. The summed E-state index contributed by atoms with van der Waals surface area (Å²) in [5.41, 5.74) is 6.05. The molecule has 2 heterocycles. The molecule has 1 aromatic heterocycles. The Morgan fingerprint density at radius 2 is 1.63 bits per heavy atom. The van der Waals surface area contributed by atoms with Crippen molar-refractivity contribution in [1.29, 1.82) is 0 Å². The van der Waals surface area contributed by atoms with E-state index in [2.05, 4.69) is 4.57 Å². The number of amides is 1. The van der Waals surface area contributed by atoms with Crippen LogP contribution in [-0.4, -0.2) is 35.6 Å². The Bertz CT molecular complexity index is 1330. The van der Waals surface area contributed by atoms with Gasteiger partial charge in [0.05, 0.1) is 31.4 Å². The number of carbonyl (C=O) groups excluding carboxylic acids is 2. The van der Waals surface area contributed by atoms with Crippen LogP contribution in [0, 0.1) is 13.8 Å². The lowest BCUT2D eigenvalue weighted by Crippen LogP contribution is -2.28. The average molecular weight is 471 g/mol. The molecule has 6 nitrogen and oxygen atoms in total. The van der Waals surface area contributed by atoms with Gasteiger partial charge in [-0.15, -0.1) is 0 Å². The predicted molar refractivity (Wildman–Crippen MR) is 136 cm³/mol. The Labute approximate surface area is 206 Å². The van der Waals surface area contributed by atoms with Gasteiger partial charge in [-0.3, -0.25) is 4.79 Å². The molecule has 2 aromatic carbocycles. The molecule has 0 bridgehead atoms. The normalized spacial score (nSPS) is 15.7. The number of aryl methyl sites for hydroxylation is 1. The minimum atomic E-state index is -0.520. The van der Waals surface area contributed by atoms with Gasteiger partial charge in [0.25, 0.3) is 5.91 Å². The van der Waals surface area contributed by atoms with E-state index in [4.69, 9.17) is 9.47 Å². The minimum absolute atomic E-state index is 0.214. The summed E-state index contributed by atoms with van der Waals surface area (Å²) in [6.45, 7) is 7.78. The number of carbonyl (C=O) groups is 2. The van der Waals surface area contributed by atoms with Gasteiger partial charge in [0, 0.05) is 22.8 Å². The van der Waals surface area contributed by atoms with Crippen LogP contribution in [0.2, 0.25) is 0 Å². The fourth-order valence-electron chi connectivity index (χ4n) is 4.76. The number of ether oxygens (including phenoxy) is 2. The van der Waals surface area contributed by atoms with Gasteiger partial charge >= 0.3 is 5.97 Å². The maximum Gasteiger partial charge on any atom is 0.340 e. The Kier molecular flexibility index (Phi) is 6.65. The number of nitrogens with zero attached hydrogens (tertiary/aromatic N) is 2. The Balaban J connectivity index is 1.79. The van der Waals surface area contributed by atoms with E-state index < -0.39 is 5.97 Å². The Morgan fingerprint density at radius 3 is 2.23 bits per heavy atom. The van der Waals surface area contributed by atoms with Gasteiger partial charge in [0.15, 0.2) is 0 Å². The van der Waals surface area contributed by atoms with Gasteiger partial charge in [-0.1, -0.05) is 30.3 Å². The van der Waals surface area contributed by atoms with Crippen LogP contribution >= 0.6 is 0 Å². The highest BCUT2D eigenvalue weighted by molar-refractivity contribution is 6.16. The quantitative estimate of drug-likeness (QED) is 0.351. The highest BCUT2D eigenvalue weighted by Crippen LogP contribution is 2.38. The third-order valence-electron chi connectivity index (χ3n) is 6.60. The molecule has 0 fully saturated rings. The molecule has 0 saturated heterocycles. The van der Waals surface area contributed by atoms with Gasteiger partial charge in [-0.05, 0) is 75.2 Å². The average Bonchev–Trinajstić information content (AvgIpc) is 3.29. The SMILES string of the molecule is COC(=O)C1=C(C)N([C@@H](C)c2ccccc2)C(=O)/C1=C\c1cc(C)n(-c2ccc(OC)cc2)c1C. The molecule has 1 aliphatic heterocycles.